The van der Waals surface area contributed by atoms with Gasteiger partial charge >= 0.3 is 0 Å². The molecule has 2 heterocycles. The summed E-state index contributed by atoms with van der Waals surface area (Å²) in [6.45, 7) is 0. The third-order valence-corrected chi connectivity index (χ3v) is 27.2. The van der Waals surface area contributed by atoms with Gasteiger partial charge in [0.1, 0.15) is 5.58 Å². The molecule has 2 aliphatic rings. The first-order valence-electron chi connectivity index (χ1n) is 43.3. The molecule has 4 heteroatoms. The summed E-state index contributed by atoms with van der Waals surface area (Å²) in [5.74, 6) is 0. The lowest BCUT2D eigenvalue weighted by atomic mass is 9.67. The third-order valence-electron chi connectivity index (χ3n) is 25.9. The van der Waals surface area contributed by atoms with Gasteiger partial charge in [-0.25, -0.2) is 0 Å². The minimum absolute atomic E-state index is 0.535. The smallest absolute Gasteiger partial charge is 0.159 e. The first-order chi connectivity index (χ1) is 62.5. The normalized spacial score (nSPS) is 12.6. The number of benzene rings is 20. The molecule has 0 saturated carbocycles. The average molecular weight is 1620 g/mol. The van der Waals surface area contributed by atoms with Crippen LogP contribution in [0.4, 0.5) is 34.1 Å². The molecule has 0 aliphatic heterocycles. The molecular formula is C122H82N2OS. The summed E-state index contributed by atoms with van der Waals surface area (Å²) in [4.78, 5) is 4.97. The first kappa shape index (κ1) is 75.0. The maximum Gasteiger partial charge on any atom is 0.159 e. The van der Waals surface area contributed by atoms with Crippen molar-refractivity contribution in [2.45, 2.75) is 10.8 Å². The molecule has 0 unspecified atom stereocenters. The monoisotopic (exact) mass is 1620 g/mol. The number of hydrogen-bond donors (Lipinski definition) is 0. The van der Waals surface area contributed by atoms with Crippen LogP contribution in [-0.4, -0.2) is 0 Å². The van der Waals surface area contributed by atoms with Crippen LogP contribution in [0.3, 0.4) is 0 Å². The predicted molar refractivity (Wildman–Crippen MR) is 530 cm³/mol. The molecule has 0 radical (unpaired) electrons. The summed E-state index contributed by atoms with van der Waals surface area (Å²) in [5.41, 5.74) is 36.2. The molecule has 592 valence electrons. The predicted octanol–water partition coefficient (Wildman–Crippen LogP) is 33.3. The van der Waals surface area contributed by atoms with Crippen LogP contribution in [0, 0.1) is 0 Å². The maximum atomic E-state index is 6.89. The highest BCUT2D eigenvalue weighted by Gasteiger charge is 2.48. The van der Waals surface area contributed by atoms with Gasteiger partial charge in [-0.15, -0.1) is 11.3 Å². The molecule has 22 aromatic rings. The van der Waals surface area contributed by atoms with Crippen LogP contribution in [0.15, 0.2) is 502 Å². The fraction of sp³-hybridized carbons (Fsp3) is 0.0164. The Bertz CT molecular complexity index is 7240. The second-order valence-corrected chi connectivity index (χ2v) is 33.8. The van der Waals surface area contributed by atoms with E-state index < -0.39 is 10.8 Å². The zero-order chi connectivity index (χ0) is 83.5. The van der Waals surface area contributed by atoms with Gasteiger partial charge in [-0.3, -0.25) is 0 Å². The van der Waals surface area contributed by atoms with Gasteiger partial charge in [0, 0.05) is 48.7 Å². The SMILES string of the molecule is c1ccc(-c2ccc(-c3cc(-c4ccccc4)ccc3N(c3ccc4c(c3)C(c3ccccc3)(c3ccccc3)c3ccccc3-4)c3cccc4c3oc3ccccc34)cc2)cc1.c1ccc(-c2ccc(-c3cc(-c4ccccc4)ccc3N(c3ccc4c(c3)C(c3ccccc3)(c3ccccc3)c3ccccc3-4)c3cccc4c3sc3ccccc34)cc2)cc1. The van der Waals surface area contributed by atoms with Gasteiger partial charge in [0.15, 0.2) is 5.58 Å². The summed E-state index contributed by atoms with van der Waals surface area (Å²) < 4.78 is 9.44. The molecule has 0 atom stereocenters. The lowest BCUT2D eigenvalue weighted by Crippen LogP contribution is -2.28. The van der Waals surface area contributed by atoms with Crippen molar-refractivity contribution < 1.29 is 4.42 Å². The molecule has 3 nitrogen and oxygen atoms in total. The van der Waals surface area contributed by atoms with Crippen LogP contribution in [0.5, 0.6) is 0 Å². The zero-order valence-corrected chi connectivity index (χ0v) is 69.9. The number of furan rings is 1. The molecule has 0 N–H and O–H groups in total. The second kappa shape index (κ2) is 31.8. The summed E-state index contributed by atoms with van der Waals surface area (Å²) in [5, 5.41) is 4.73. The largest absolute Gasteiger partial charge is 0.454 e. The number of nitrogens with zero attached hydrogens (tertiary/aromatic N) is 2. The van der Waals surface area contributed by atoms with Gasteiger partial charge in [-0.1, -0.05) is 425 Å². The van der Waals surface area contributed by atoms with Crippen molar-refractivity contribution in [3.05, 3.63) is 542 Å². The summed E-state index contributed by atoms with van der Waals surface area (Å²) >= 11 is 1.87. The second-order valence-electron chi connectivity index (χ2n) is 32.8. The van der Waals surface area contributed by atoms with Crippen LogP contribution in [0.1, 0.15) is 44.5 Å². The van der Waals surface area contributed by atoms with E-state index in [1.807, 2.05) is 17.4 Å². The number of para-hydroxylation sites is 2. The van der Waals surface area contributed by atoms with Gasteiger partial charge < -0.3 is 14.2 Å². The summed E-state index contributed by atoms with van der Waals surface area (Å²) in [6, 6.07) is 182. The maximum absolute atomic E-state index is 6.89. The van der Waals surface area contributed by atoms with Crippen LogP contribution >= 0.6 is 11.3 Å². The van der Waals surface area contributed by atoms with Crippen LogP contribution in [-0.2, 0) is 10.8 Å². The highest BCUT2D eigenvalue weighted by Crippen LogP contribution is 2.61. The van der Waals surface area contributed by atoms with Gasteiger partial charge in [0.25, 0.3) is 0 Å². The average Bonchev–Trinajstić information content (AvgIpc) is 1.54. The van der Waals surface area contributed by atoms with Crippen molar-refractivity contribution in [1.29, 1.82) is 0 Å². The molecule has 2 aromatic heterocycles. The third kappa shape index (κ3) is 12.7. The molecule has 126 heavy (non-hydrogen) atoms. The van der Waals surface area contributed by atoms with Crippen molar-refractivity contribution >= 4 is 87.6 Å². The fourth-order valence-corrected chi connectivity index (χ4v) is 21.5. The van der Waals surface area contributed by atoms with Gasteiger partial charge in [0.05, 0.1) is 38.3 Å². The lowest BCUT2D eigenvalue weighted by molar-refractivity contribution is 0.669. The lowest BCUT2D eigenvalue weighted by Gasteiger charge is -2.35. The van der Waals surface area contributed by atoms with E-state index in [1.165, 1.54) is 126 Å². The fourth-order valence-electron chi connectivity index (χ4n) is 20.3. The Morgan fingerprint density at radius 1 is 0.190 bits per heavy atom. The highest BCUT2D eigenvalue weighted by molar-refractivity contribution is 7.26. The first-order valence-corrected chi connectivity index (χ1v) is 44.2. The molecule has 0 saturated heterocycles. The van der Waals surface area contributed by atoms with Crippen molar-refractivity contribution in [2.75, 3.05) is 9.80 Å². The van der Waals surface area contributed by atoms with E-state index in [4.69, 9.17) is 4.42 Å². The van der Waals surface area contributed by atoms with Gasteiger partial charge in [-0.2, -0.15) is 0 Å². The minimum Gasteiger partial charge on any atom is -0.454 e. The number of fused-ring (bicyclic) bond motifs is 12. The Hall–Kier alpha value is -16.0. The van der Waals surface area contributed by atoms with Gasteiger partial charge in [0.2, 0.25) is 0 Å². The van der Waals surface area contributed by atoms with Crippen LogP contribution in [0.2, 0.25) is 0 Å². The standard InChI is InChI=1S/C61H41NO.C61H41NS/c2*1-5-18-42(19-6-1)44-32-34-45(35-33-44)54-40-46(43-20-7-2-8-21-43)36-39-57(54)62(58-30-17-28-53-52-27-14-16-31-59(52)63-60(53)58)49-37-38-51-50-26-13-15-29-55(50)61(56(51)41-49,47-22-9-3-10-23-47)48-24-11-4-12-25-48/h2*1-41H. The highest BCUT2D eigenvalue weighted by atomic mass is 32.1. The molecule has 0 fully saturated rings. The number of thiophene rings is 1. The quantitative estimate of drug-likeness (QED) is 0.0961. The van der Waals surface area contributed by atoms with Crippen LogP contribution < -0.4 is 9.80 Å². The summed E-state index contributed by atoms with van der Waals surface area (Å²) in [7, 11) is 0. The topological polar surface area (TPSA) is 19.6 Å². The van der Waals surface area contributed by atoms with Crippen molar-refractivity contribution in [3.8, 4) is 89.0 Å². The van der Waals surface area contributed by atoms with E-state index in [0.717, 1.165) is 83.9 Å². The van der Waals surface area contributed by atoms with E-state index in [0.29, 0.717) is 0 Å². The molecule has 2 aliphatic carbocycles. The van der Waals surface area contributed by atoms with Crippen LogP contribution in [0.25, 0.3) is 131 Å². The molecule has 0 spiro atoms. The molecule has 0 bridgehead atoms. The number of hydrogen-bond acceptors (Lipinski definition) is 4. The van der Waals surface area contributed by atoms with Crippen molar-refractivity contribution in [1.82, 2.24) is 0 Å². The Morgan fingerprint density at radius 3 is 0.968 bits per heavy atom. The Morgan fingerprint density at radius 2 is 0.516 bits per heavy atom. The van der Waals surface area contributed by atoms with Gasteiger partial charge in [-0.05, 0) is 195 Å². The summed E-state index contributed by atoms with van der Waals surface area (Å²) in [6.07, 6.45) is 0. The van der Waals surface area contributed by atoms with Crippen molar-refractivity contribution in [3.63, 3.8) is 0 Å². The van der Waals surface area contributed by atoms with E-state index in [2.05, 4.69) is 501 Å². The van der Waals surface area contributed by atoms with E-state index in [-0.39, 0.29) is 0 Å². The molecule has 0 amide bonds. The number of anilines is 6. The minimum atomic E-state index is -0.561. The Kier molecular flexibility index (Phi) is 18.9. The zero-order valence-electron chi connectivity index (χ0n) is 69.1. The Balaban J connectivity index is 0.000000145. The Labute approximate surface area is 738 Å². The van der Waals surface area contributed by atoms with E-state index >= 15 is 0 Å². The van der Waals surface area contributed by atoms with Crippen molar-refractivity contribution in [2.24, 2.45) is 0 Å². The molecule has 24 rings (SSSR count). The number of rotatable bonds is 16. The molecule has 20 aromatic carbocycles. The van der Waals surface area contributed by atoms with E-state index in [1.54, 1.807) is 0 Å². The van der Waals surface area contributed by atoms with E-state index in [9.17, 15) is 0 Å². The molecular weight excluding hydrogens is 1540 g/mol.